The van der Waals surface area contributed by atoms with E-state index < -0.39 is 5.97 Å². The maximum absolute atomic E-state index is 10.9. The number of aromatic amines is 1. The van der Waals surface area contributed by atoms with Crippen LogP contribution < -0.4 is 5.32 Å². The number of carboxylic acids is 1. The van der Waals surface area contributed by atoms with Crippen LogP contribution in [0.2, 0.25) is 5.02 Å². The van der Waals surface area contributed by atoms with Crippen molar-refractivity contribution in [2.24, 2.45) is 0 Å². The summed E-state index contributed by atoms with van der Waals surface area (Å²) in [6, 6.07) is 9.10. The minimum atomic E-state index is -0.921. The summed E-state index contributed by atoms with van der Waals surface area (Å²) in [5, 5.41) is 12.8. The number of aromatic nitrogens is 1. The van der Waals surface area contributed by atoms with Gasteiger partial charge in [-0.2, -0.15) is 0 Å². The van der Waals surface area contributed by atoms with Crippen LogP contribution in [0.25, 0.3) is 0 Å². The Kier molecular flexibility index (Phi) is 4.02. The third kappa shape index (κ3) is 3.12. The number of hydrogen-bond donors (Lipinski definition) is 3. The number of H-pyrrole nitrogens is 1. The Morgan fingerprint density at radius 3 is 2.89 bits per heavy atom. The van der Waals surface area contributed by atoms with E-state index in [2.05, 4.69) is 10.3 Å². The van der Waals surface area contributed by atoms with E-state index in [9.17, 15) is 4.79 Å². The van der Waals surface area contributed by atoms with Gasteiger partial charge in [-0.3, -0.25) is 0 Å². The molecular weight excluding hydrogens is 252 g/mol. The number of halogens is 1. The zero-order valence-electron chi connectivity index (χ0n) is 9.61. The minimum Gasteiger partial charge on any atom is -0.478 e. The van der Waals surface area contributed by atoms with Crippen molar-refractivity contribution in [1.29, 1.82) is 0 Å². The second-order valence-electron chi connectivity index (χ2n) is 3.91. The van der Waals surface area contributed by atoms with E-state index in [1.807, 2.05) is 24.3 Å². The van der Waals surface area contributed by atoms with E-state index in [1.54, 1.807) is 12.3 Å². The molecule has 0 saturated carbocycles. The molecule has 0 bridgehead atoms. The van der Waals surface area contributed by atoms with E-state index in [-0.39, 0.29) is 0 Å². The molecule has 0 amide bonds. The van der Waals surface area contributed by atoms with Gasteiger partial charge >= 0.3 is 5.97 Å². The first-order valence-electron chi connectivity index (χ1n) is 5.51. The summed E-state index contributed by atoms with van der Waals surface area (Å²) >= 11 is 5.88. The molecule has 0 atom stereocenters. The summed E-state index contributed by atoms with van der Waals surface area (Å²) in [6.07, 6.45) is 1.62. The van der Waals surface area contributed by atoms with Crippen molar-refractivity contribution in [1.82, 2.24) is 10.3 Å². The summed E-state index contributed by atoms with van der Waals surface area (Å²) in [4.78, 5) is 13.8. The van der Waals surface area contributed by atoms with Crippen LogP contribution in [0.15, 0.2) is 36.5 Å². The van der Waals surface area contributed by atoms with Crippen LogP contribution in [0.3, 0.4) is 0 Å². The lowest BCUT2D eigenvalue weighted by molar-refractivity contribution is 0.0695. The van der Waals surface area contributed by atoms with Crippen molar-refractivity contribution in [2.45, 2.75) is 13.1 Å². The van der Waals surface area contributed by atoms with Crippen molar-refractivity contribution in [2.75, 3.05) is 0 Å². The average molecular weight is 265 g/mol. The highest BCUT2D eigenvalue weighted by Crippen LogP contribution is 2.11. The standard InChI is InChI=1S/C13H13ClN2O2/c14-10-3-1-2-9(6-10)7-15-8-12-11(13(17)18)4-5-16-12/h1-6,15-16H,7-8H2,(H,17,18). The highest BCUT2D eigenvalue weighted by molar-refractivity contribution is 6.30. The van der Waals surface area contributed by atoms with Crippen molar-refractivity contribution < 1.29 is 9.90 Å². The lowest BCUT2D eigenvalue weighted by atomic mass is 10.2. The normalized spacial score (nSPS) is 10.5. The second kappa shape index (κ2) is 5.71. The Balaban J connectivity index is 1.92. The van der Waals surface area contributed by atoms with Gasteiger partial charge in [-0.05, 0) is 23.8 Å². The van der Waals surface area contributed by atoms with Crippen LogP contribution in [0.5, 0.6) is 0 Å². The molecule has 2 rings (SSSR count). The van der Waals surface area contributed by atoms with E-state index in [4.69, 9.17) is 16.7 Å². The topological polar surface area (TPSA) is 65.1 Å². The summed E-state index contributed by atoms with van der Waals surface area (Å²) in [6.45, 7) is 1.11. The molecule has 2 aromatic rings. The SMILES string of the molecule is O=C(O)c1cc[nH]c1CNCc1cccc(Cl)c1. The lowest BCUT2D eigenvalue weighted by Gasteiger charge is -2.05. The van der Waals surface area contributed by atoms with Gasteiger partial charge in [0.2, 0.25) is 0 Å². The summed E-state index contributed by atoms with van der Waals surface area (Å²) in [5.41, 5.74) is 2.03. The fourth-order valence-electron chi connectivity index (χ4n) is 1.73. The van der Waals surface area contributed by atoms with Crippen molar-refractivity contribution >= 4 is 17.6 Å². The second-order valence-corrected chi connectivity index (χ2v) is 4.34. The minimum absolute atomic E-state index is 0.300. The van der Waals surface area contributed by atoms with E-state index in [0.29, 0.717) is 29.4 Å². The molecule has 1 heterocycles. The van der Waals surface area contributed by atoms with Gasteiger partial charge in [0.15, 0.2) is 0 Å². The van der Waals surface area contributed by atoms with Gasteiger partial charge < -0.3 is 15.4 Å². The van der Waals surface area contributed by atoms with Crippen LogP contribution in [-0.2, 0) is 13.1 Å². The lowest BCUT2D eigenvalue weighted by Crippen LogP contribution is -2.15. The van der Waals surface area contributed by atoms with Gasteiger partial charge in [0.25, 0.3) is 0 Å². The number of nitrogens with one attached hydrogen (secondary N) is 2. The zero-order chi connectivity index (χ0) is 13.0. The van der Waals surface area contributed by atoms with E-state index in [1.165, 1.54) is 0 Å². The van der Waals surface area contributed by atoms with Crippen molar-refractivity contribution in [3.05, 3.63) is 58.4 Å². The molecule has 0 aliphatic rings. The van der Waals surface area contributed by atoms with Gasteiger partial charge in [0.05, 0.1) is 5.56 Å². The smallest absolute Gasteiger partial charge is 0.337 e. The molecule has 0 aliphatic heterocycles. The predicted molar refractivity (Wildman–Crippen MR) is 69.7 cm³/mol. The van der Waals surface area contributed by atoms with Crippen LogP contribution in [0.4, 0.5) is 0 Å². The Labute approximate surface area is 110 Å². The van der Waals surface area contributed by atoms with Gasteiger partial charge in [0.1, 0.15) is 0 Å². The van der Waals surface area contributed by atoms with Crippen LogP contribution in [-0.4, -0.2) is 16.1 Å². The number of carboxylic acid groups (broad SMARTS) is 1. The molecule has 0 spiro atoms. The molecule has 5 heteroatoms. The van der Waals surface area contributed by atoms with Crippen molar-refractivity contribution in [3.8, 4) is 0 Å². The van der Waals surface area contributed by atoms with Gasteiger partial charge in [-0.15, -0.1) is 0 Å². The van der Waals surface area contributed by atoms with Crippen LogP contribution in [0.1, 0.15) is 21.6 Å². The number of rotatable bonds is 5. The molecular formula is C13H13ClN2O2. The van der Waals surface area contributed by atoms with E-state index in [0.717, 1.165) is 5.56 Å². The maximum atomic E-state index is 10.9. The Bertz CT molecular complexity index is 551. The fraction of sp³-hybridized carbons (Fsp3) is 0.154. The summed E-state index contributed by atoms with van der Waals surface area (Å²) in [7, 11) is 0. The van der Waals surface area contributed by atoms with Gasteiger partial charge in [0, 0.05) is 30.0 Å². The van der Waals surface area contributed by atoms with Gasteiger partial charge in [-0.1, -0.05) is 23.7 Å². The molecule has 3 N–H and O–H groups in total. The quantitative estimate of drug-likeness (QED) is 0.778. The van der Waals surface area contributed by atoms with Crippen LogP contribution >= 0.6 is 11.6 Å². The first kappa shape index (κ1) is 12.7. The number of benzene rings is 1. The monoisotopic (exact) mass is 264 g/mol. The molecule has 0 unspecified atom stereocenters. The highest BCUT2D eigenvalue weighted by atomic mass is 35.5. The summed E-state index contributed by atoms with van der Waals surface area (Å²) < 4.78 is 0. The maximum Gasteiger partial charge on any atom is 0.337 e. The fourth-order valence-corrected chi connectivity index (χ4v) is 1.94. The molecule has 4 nitrogen and oxygen atoms in total. The van der Waals surface area contributed by atoms with Gasteiger partial charge in [-0.25, -0.2) is 4.79 Å². The highest BCUT2D eigenvalue weighted by Gasteiger charge is 2.09. The molecule has 1 aromatic carbocycles. The first-order valence-corrected chi connectivity index (χ1v) is 5.89. The third-order valence-corrected chi connectivity index (χ3v) is 2.82. The van der Waals surface area contributed by atoms with Crippen LogP contribution in [0, 0.1) is 0 Å². The molecule has 0 radical (unpaired) electrons. The Morgan fingerprint density at radius 2 is 2.17 bits per heavy atom. The third-order valence-electron chi connectivity index (χ3n) is 2.58. The predicted octanol–water partition coefficient (Wildman–Crippen LogP) is 2.66. The molecule has 94 valence electrons. The molecule has 18 heavy (non-hydrogen) atoms. The zero-order valence-corrected chi connectivity index (χ0v) is 10.4. The summed E-state index contributed by atoms with van der Waals surface area (Å²) in [5.74, 6) is -0.921. The number of hydrogen-bond acceptors (Lipinski definition) is 2. The largest absolute Gasteiger partial charge is 0.478 e. The Hall–Kier alpha value is -1.78. The number of aromatic carboxylic acids is 1. The van der Waals surface area contributed by atoms with Crippen molar-refractivity contribution in [3.63, 3.8) is 0 Å². The average Bonchev–Trinajstić information content (AvgIpc) is 2.77. The first-order chi connectivity index (χ1) is 8.66. The number of carbonyl (C=O) groups is 1. The molecule has 0 aliphatic carbocycles. The molecule has 1 aromatic heterocycles. The molecule has 0 saturated heterocycles. The molecule has 0 fully saturated rings. The van der Waals surface area contributed by atoms with E-state index >= 15 is 0 Å². The Morgan fingerprint density at radius 1 is 1.33 bits per heavy atom.